The predicted molar refractivity (Wildman–Crippen MR) is 59.0 cm³/mol. The normalized spacial score (nSPS) is 16.5. The highest BCUT2D eigenvalue weighted by Gasteiger charge is 2.04. The molecule has 0 fully saturated rings. The van der Waals surface area contributed by atoms with Crippen molar-refractivity contribution in [1.82, 2.24) is 5.32 Å². The zero-order valence-corrected chi connectivity index (χ0v) is 7.82. The van der Waals surface area contributed by atoms with Crippen molar-refractivity contribution in [3.05, 3.63) is 42.3 Å². The summed E-state index contributed by atoms with van der Waals surface area (Å²) < 4.78 is 59.3. The molecule has 3 nitrogen and oxygen atoms in total. The lowest BCUT2D eigenvalue weighted by Crippen LogP contribution is -2.22. The van der Waals surface area contributed by atoms with E-state index >= 15 is 0 Å². The molecule has 0 aromatic heterocycles. The Morgan fingerprint density at radius 2 is 2.00 bits per heavy atom. The van der Waals surface area contributed by atoms with Crippen molar-refractivity contribution < 1.29 is 19.1 Å². The molecule has 0 spiro atoms. The number of hydrogen-bond acceptors (Lipinski definition) is 2. The third-order valence-corrected chi connectivity index (χ3v) is 1.68. The number of fused-ring (bicyclic) bond motifs is 1. The summed E-state index contributed by atoms with van der Waals surface area (Å²) in [6.07, 6.45) is -0.945. The van der Waals surface area contributed by atoms with E-state index in [1.54, 1.807) is 0 Å². The number of carbonyl (C=O) groups is 1. The topological polar surface area (TPSA) is 38.3 Å². The van der Waals surface area contributed by atoms with E-state index in [0.29, 0.717) is 0 Å². The quantitative estimate of drug-likeness (QED) is 0.782. The first-order valence-corrected chi connectivity index (χ1v) is 4.11. The Bertz CT molecular complexity index is 798. The molecule has 0 aliphatic carbocycles. The molecule has 0 radical (unpaired) electrons. The van der Waals surface area contributed by atoms with Gasteiger partial charge in [-0.25, -0.2) is 4.79 Å². The molecule has 15 heavy (non-hydrogen) atoms. The summed E-state index contributed by atoms with van der Waals surface area (Å²) in [5.41, 5.74) is 0. The molecule has 0 saturated heterocycles. The van der Waals surface area contributed by atoms with Gasteiger partial charge in [0, 0.05) is 12.4 Å². The van der Waals surface area contributed by atoms with Crippen molar-refractivity contribution >= 4 is 16.9 Å². The SMILES string of the molecule is [2H]c1c([2H])c([2H])c2c(OC(=O)NC)c([2H])c([2H])c([2H])c2c1[2H]. The van der Waals surface area contributed by atoms with Gasteiger partial charge >= 0.3 is 6.09 Å². The molecule has 3 heteroatoms. The highest BCUT2D eigenvalue weighted by molar-refractivity contribution is 5.90. The first kappa shape index (κ1) is 4.23. The monoisotopic (exact) mass is 208 g/mol. The summed E-state index contributed by atoms with van der Waals surface area (Å²) >= 11 is 0. The summed E-state index contributed by atoms with van der Waals surface area (Å²) in [7, 11) is 1.28. The lowest BCUT2D eigenvalue weighted by Gasteiger charge is -2.06. The molecule has 0 atom stereocenters. The maximum Gasteiger partial charge on any atom is 0.412 e. The first-order valence-electron chi connectivity index (χ1n) is 7.61. The standard InChI is InChI=1S/C12H11NO2/c1-13-12(14)15-11-8-4-6-9-5-2-3-7-10(9)11/h2-8H,1H3,(H,13,14)/i2D,3D,4D,5D,6D,7D,8D. The number of amides is 1. The number of benzene rings is 2. The molecule has 0 saturated carbocycles. The van der Waals surface area contributed by atoms with Crippen LogP contribution >= 0.6 is 0 Å². The highest BCUT2D eigenvalue weighted by atomic mass is 16.6. The highest BCUT2D eigenvalue weighted by Crippen LogP contribution is 2.24. The van der Waals surface area contributed by atoms with Crippen molar-refractivity contribution in [3.8, 4) is 5.75 Å². The van der Waals surface area contributed by atoms with Crippen LogP contribution in [0.4, 0.5) is 4.79 Å². The molecule has 2 rings (SSSR count). The van der Waals surface area contributed by atoms with Crippen LogP contribution in [0.1, 0.15) is 9.60 Å². The van der Waals surface area contributed by atoms with Gasteiger partial charge in [0.25, 0.3) is 0 Å². The maximum absolute atomic E-state index is 11.4. The van der Waals surface area contributed by atoms with Crippen LogP contribution in [-0.4, -0.2) is 13.1 Å². The number of nitrogens with one attached hydrogen (secondary N) is 1. The Balaban J connectivity index is 3.04. The molecule has 0 aliphatic heterocycles. The second-order valence-electron chi connectivity index (χ2n) is 2.59. The molecule has 2 aromatic carbocycles. The van der Waals surface area contributed by atoms with Gasteiger partial charge in [-0.05, 0) is 11.4 Å². The second-order valence-corrected chi connectivity index (χ2v) is 2.59. The fraction of sp³-hybridized carbons (Fsp3) is 0.0833. The smallest absolute Gasteiger partial charge is 0.410 e. The Morgan fingerprint density at radius 1 is 1.27 bits per heavy atom. The fourth-order valence-corrected chi connectivity index (χ4v) is 1.01. The summed E-state index contributed by atoms with van der Waals surface area (Å²) in [5, 5.41) is 1.63. The van der Waals surface area contributed by atoms with Gasteiger partial charge in [-0.15, -0.1) is 0 Å². The van der Waals surface area contributed by atoms with E-state index in [1.807, 2.05) is 0 Å². The average molecular weight is 208 g/mol. The molecule has 0 heterocycles. The van der Waals surface area contributed by atoms with Crippen molar-refractivity contribution in [2.24, 2.45) is 0 Å². The van der Waals surface area contributed by atoms with E-state index in [4.69, 9.17) is 14.3 Å². The predicted octanol–water partition coefficient (Wildman–Crippen LogP) is 2.56. The van der Waals surface area contributed by atoms with Gasteiger partial charge in [0.15, 0.2) is 0 Å². The van der Waals surface area contributed by atoms with Gasteiger partial charge in [-0.1, -0.05) is 36.3 Å². The Hall–Kier alpha value is -2.03. The minimum Gasteiger partial charge on any atom is -0.410 e. The van der Waals surface area contributed by atoms with Crippen LogP contribution in [-0.2, 0) is 0 Å². The summed E-state index contributed by atoms with van der Waals surface area (Å²) in [4.78, 5) is 11.4. The molecule has 0 aliphatic rings. The first-order chi connectivity index (χ1) is 10.2. The Labute approximate surface area is 97.5 Å². The molecule has 76 valence electrons. The number of carbonyl (C=O) groups excluding carboxylic acids is 1. The van der Waals surface area contributed by atoms with Gasteiger partial charge in [0.1, 0.15) is 5.75 Å². The lowest BCUT2D eigenvalue weighted by atomic mass is 10.1. The number of hydrogen-bond donors (Lipinski definition) is 1. The van der Waals surface area contributed by atoms with Crippen molar-refractivity contribution in [2.45, 2.75) is 0 Å². The molecule has 1 N–H and O–H groups in total. The maximum atomic E-state index is 11.4. The fourth-order valence-electron chi connectivity index (χ4n) is 1.01. The van der Waals surface area contributed by atoms with Crippen LogP contribution in [0.2, 0.25) is 0 Å². The zero-order chi connectivity index (χ0) is 16.8. The minimum atomic E-state index is -0.945. The van der Waals surface area contributed by atoms with Crippen molar-refractivity contribution in [2.75, 3.05) is 7.05 Å². The minimum absolute atomic E-state index is 0.258. The van der Waals surface area contributed by atoms with Crippen LogP contribution in [0.5, 0.6) is 5.75 Å². The van der Waals surface area contributed by atoms with E-state index in [1.165, 1.54) is 7.05 Å². The summed E-state index contributed by atoms with van der Waals surface area (Å²) in [5.74, 6) is -0.470. The lowest BCUT2D eigenvalue weighted by molar-refractivity contribution is 0.203. The summed E-state index contributed by atoms with van der Waals surface area (Å²) in [6, 6.07) is -3.88. The molecule has 1 amide bonds. The van der Waals surface area contributed by atoms with E-state index in [2.05, 4.69) is 5.32 Å². The van der Waals surface area contributed by atoms with Crippen LogP contribution in [0.25, 0.3) is 10.8 Å². The summed E-state index contributed by atoms with van der Waals surface area (Å²) in [6.45, 7) is 0. The largest absolute Gasteiger partial charge is 0.412 e. The van der Waals surface area contributed by atoms with E-state index in [-0.39, 0.29) is 10.8 Å². The molecule has 2 aromatic rings. The Morgan fingerprint density at radius 3 is 2.80 bits per heavy atom. The second kappa shape index (κ2) is 4.00. The Kier molecular flexibility index (Phi) is 1.13. The van der Waals surface area contributed by atoms with Crippen molar-refractivity contribution in [3.63, 3.8) is 0 Å². The molecular formula is C12H11NO2. The van der Waals surface area contributed by atoms with Crippen LogP contribution in [0.3, 0.4) is 0 Å². The molecular weight excluding hydrogens is 190 g/mol. The zero-order valence-electron chi connectivity index (χ0n) is 14.8. The molecule has 0 bridgehead atoms. The third-order valence-electron chi connectivity index (χ3n) is 1.68. The number of rotatable bonds is 1. The van der Waals surface area contributed by atoms with E-state index < -0.39 is 54.1 Å². The van der Waals surface area contributed by atoms with E-state index in [0.717, 1.165) is 0 Å². The van der Waals surface area contributed by atoms with Gasteiger partial charge in [-0.2, -0.15) is 0 Å². The van der Waals surface area contributed by atoms with Crippen molar-refractivity contribution in [1.29, 1.82) is 0 Å². The van der Waals surface area contributed by atoms with Gasteiger partial charge in [-0.3, -0.25) is 0 Å². The van der Waals surface area contributed by atoms with Crippen LogP contribution in [0.15, 0.2) is 42.3 Å². The average Bonchev–Trinajstić information content (AvgIpc) is 2.50. The number of ether oxygens (including phenoxy) is 1. The third kappa shape index (κ3) is 1.91. The molecule has 0 unspecified atom stereocenters. The van der Waals surface area contributed by atoms with Crippen LogP contribution in [0, 0.1) is 0 Å². The van der Waals surface area contributed by atoms with Crippen LogP contribution < -0.4 is 10.1 Å². The van der Waals surface area contributed by atoms with Gasteiger partial charge in [0.2, 0.25) is 0 Å². The van der Waals surface area contributed by atoms with Gasteiger partial charge in [0.05, 0.1) is 9.60 Å². The van der Waals surface area contributed by atoms with Gasteiger partial charge < -0.3 is 10.1 Å². The van der Waals surface area contributed by atoms with E-state index in [9.17, 15) is 4.79 Å².